The van der Waals surface area contributed by atoms with Crippen molar-refractivity contribution >= 4 is 34.1 Å². The van der Waals surface area contributed by atoms with Crippen molar-refractivity contribution in [3.05, 3.63) is 83.1 Å². The maximum atomic E-state index is 13.4. The van der Waals surface area contributed by atoms with Crippen molar-refractivity contribution in [3.8, 4) is 11.5 Å². The fourth-order valence-electron chi connectivity index (χ4n) is 3.87. The predicted molar refractivity (Wildman–Crippen MR) is 122 cm³/mol. The van der Waals surface area contributed by atoms with E-state index in [0.29, 0.717) is 39.3 Å². The first kappa shape index (κ1) is 19.6. The van der Waals surface area contributed by atoms with Gasteiger partial charge in [-0.3, -0.25) is 4.79 Å². The van der Waals surface area contributed by atoms with E-state index in [1.807, 2.05) is 36.4 Å². The lowest BCUT2D eigenvalue weighted by atomic mass is 10.0. The summed E-state index contributed by atoms with van der Waals surface area (Å²) < 4.78 is 5.82. The van der Waals surface area contributed by atoms with Crippen LogP contribution in [0.25, 0.3) is 11.0 Å². The van der Waals surface area contributed by atoms with Gasteiger partial charge >= 0.3 is 0 Å². The summed E-state index contributed by atoms with van der Waals surface area (Å²) >= 11 is 6.49. The van der Waals surface area contributed by atoms with E-state index in [2.05, 4.69) is 20.6 Å². The maximum Gasteiger partial charge on any atom is 0.196 e. The summed E-state index contributed by atoms with van der Waals surface area (Å²) in [6, 6.07) is 16.8. The Morgan fingerprint density at radius 1 is 1.10 bits per heavy atom. The van der Waals surface area contributed by atoms with E-state index in [1.165, 1.54) is 0 Å². The molecule has 0 spiro atoms. The predicted octanol–water partition coefficient (Wildman–Crippen LogP) is 5.01. The number of aromatic amines is 1. The van der Waals surface area contributed by atoms with Crippen LogP contribution >= 0.6 is 11.6 Å². The van der Waals surface area contributed by atoms with Gasteiger partial charge < -0.3 is 20.4 Å². The SMILES string of the molecule is O=C(c1ccc(Oc2ccccc2)cc1Cl)c1c[nH]c2nccc(N[C@@H]3CCNC3)c12. The molecule has 1 aliphatic rings. The molecule has 1 saturated heterocycles. The van der Waals surface area contributed by atoms with E-state index >= 15 is 0 Å². The number of hydrogen-bond acceptors (Lipinski definition) is 5. The molecule has 0 radical (unpaired) electrons. The van der Waals surface area contributed by atoms with E-state index < -0.39 is 0 Å². The van der Waals surface area contributed by atoms with E-state index in [9.17, 15) is 4.79 Å². The number of rotatable bonds is 6. The Hall–Kier alpha value is -3.35. The second-order valence-corrected chi connectivity index (χ2v) is 7.91. The maximum absolute atomic E-state index is 13.4. The molecule has 5 rings (SSSR count). The highest BCUT2D eigenvalue weighted by molar-refractivity contribution is 6.35. The summed E-state index contributed by atoms with van der Waals surface area (Å²) in [4.78, 5) is 20.9. The standard InChI is InChI=1S/C24H21ClN4O2/c25-20-12-17(31-16-4-2-1-3-5-16)6-7-18(20)23(30)19-14-28-24-22(19)21(9-11-27-24)29-15-8-10-26-13-15/h1-7,9,11-12,14-15,26H,8,10,13H2,(H2,27,28,29)/t15-/m1/s1. The first-order valence-electron chi connectivity index (χ1n) is 10.2. The lowest BCUT2D eigenvalue weighted by molar-refractivity contribution is 0.104. The fraction of sp³-hybridized carbons (Fsp3) is 0.167. The second-order valence-electron chi connectivity index (χ2n) is 7.50. The minimum atomic E-state index is -0.164. The smallest absolute Gasteiger partial charge is 0.196 e. The number of fused-ring (bicyclic) bond motifs is 1. The molecule has 2 aromatic heterocycles. The Labute approximate surface area is 184 Å². The molecule has 0 unspecified atom stereocenters. The van der Waals surface area contributed by atoms with Gasteiger partial charge in [0.1, 0.15) is 17.1 Å². The third kappa shape index (κ3) is 4.00. The minimum Gasteiger partial charge on any atom is -0.457 e. The average Bonchev–Trinajstić information content (AvgIpc) is 3.44. The van der Waals surface area contributed by atoms with Gasteiger partial charge in [0.2, 0.25) is 0 Å². The first-order valence-corrected chi connectivity index (χ1v) is 10.6. The molecule has 3 N–H and O–H groups in total. The Balaban J connectivity index is 1.46. The number of ether oxygens (including phenoxy) is 1. The molecule has 6 nitrogen and oxygen atoms in total. The molecule has 0 saturated carbocycles. The van der Waals surface area contributed by atoms with Crippen molar-refractivity contribution < 1.29 is 9.53 Å². The molecule has 7 heteroatoms. The number of aromatic nitrogens is 2. The zero-order valence-electron chi connectivity index (χ0n) is 16.7. The summed E-state index contributed by atoms with van der Waals surface area (Å²) in [5.41, 5.74) is 2.51. The zero-order chi connectivity index (χ0) is 21.2. The summed E-state index contributed by atoms with van der Waals surface area (Å²) in [6.07, 6.45) is 4.47. The molecule has 4 aromatic rings. The van der Waals surface area contributed by atoms with Gasteiger partial charge in [0.15, 0.2) is 5.78 Å². The van der Waals surface area contributed by atoms with Crippen LogP contribution in [0.2, 0.25) is 5.02 Å². The quantitative estimate of drug-likeness (QED) is 0.373. The molecular formula is C24H21ClN4O2. The number of halogens is 1. The molecule has 0 aliphatic carbocycles. The van der Waals surface area contributed by atoms with Crippen molar-refractivity contribution in [1.82, 2.24) is 15.3 Å². The van der Waals surface area contributed by atoms with Gasteiger partial charge in [-0.25, -0.2) is 4.98 Å². The van der Waals surface area contributed by atoms with E-state index in [1.54, 1.807) is 30.6 Å². The van der Waals surface area contributed by atoms with Crippen LogP contribution < -0.4 is 15.4 Å². The Kier molecular flexibility index (Phi) is 5.32. The van der Waals surface area contributed by atoms with Crippen LogP contribution in [-0.4, -0.2) is 34.9 Å². The number of pyridine rings is 1. The molecule has 31 heavy (non-hydrogen) atoms. The minimum absolute atomic E-state index is 0.164. The summed E-state index contributed by atoms with van der Waals surface area (Å²) in [6.45, 7) is 1.88. The lowest BCUT2D eigenvalue weighted by Crippen LogP contribution is -2.22. The van der Waals surface area contributed by atoms with E-state index in [0.717, 1.165) is 30.6 Å². The molecule has 1 atom stereocenters. The van der Waals surface area contributed by atoms with Gasteiger partial charge in [-0.1, -0.05) is 29.8 Å². The molecule has 2 aromatic carbocycles. The monoisotopic (exact) mass is 432 g/mol. The van der Waals surface area contributed by atoms with Crippen LogP contribution in [0.3, 0.4) is 0 Å². The Morgan fingerprint density at radius 2 is 1.97 bits per heavy atom. The van der Waals surface area contributed by atoms with Crippen molar-refractivity contribution in [2.24, 2.45) is 0 Å². The molecule has 1 aliphatic heterocycles. The lowest BCUT2D eigenvalue weighted by Gasteiger charge is -2.14. The van der Waals surface area contributed by atoms with Gasteiger partial charge in [0.25, 0.3) is 0 Å². The number of carbonyl (C=O) groups is 1. The average molecular weight is 433 g/mol. The van der Waals surface area contributed by atoms with Gasteiger partial charge in [0, 0.05) is 42.3 Å². The van der Waals surface area contributed by atoms with E-state index in [-0.39, 0.29) is 5.78 Å². The molecule has 3 heterocycles. The second kappa shape index (κ2) is 8.41. The summed E-state index contributed by atoms with van der Waals surface area (Å²) in [5.74, 6) is 1.12. The number of carbonyl (C=O) groups excluding carboxylic acids is 1. The third-order valence-electron chi connectivity index (χ3n) is 5.40. The van der Waals surface area contributed by atoms with Crippen LogP contribution in [0.15, 0.2) is 67.0 Å². The number of H-pyrrole nitrogens is 1. The Morgan fingerprint density at radius 3 is 2.74 bits per heavy atom. The number of benzene rings is 2. The molecule has 0 amide bonds. The molecule has 1 fully saturated rings. The van der Waals surface area contributed by atoms with Gasteiger partial charge in [-0.2, -0.15) is 0 Å². The number of nitrogens with one attached hydrogen (secondary N) is 3. The van der Waals surface area contributed by atoms with Crippen LogP contribution in [0.5, 0.6) is 11.5 Å². The molecule has 156 valence electrons. The van der Waals surface area contributed by atoms with Gasteiger partial charge in [0.05, 0.1) is 16.0 Å². The number of para-hydroxylation sites is 1. The van der Waals surface area contributed by atoms with Crippen LogP contribution in [0.4, 0.5) is 5.69 Å². The highest BCUT2D eigenvalue weighted by Crippen LogP contribution is 2.32. The van der Waals surface area contributed by atoms with Crippen LogP contribution in [-0.2, 0) is 0 Å². The van der Waals surface area contributed by atoms with Crippen molar-refractivity contribution in [3.63, 3.8) is 0 Å². The molecule has 0 bridgehead atoms. The third-order valence-corrected chi connectivity index (χ3v) is 5.71. The van der Waals surface area contributed by atoms with Gasteiger partial charge in [-0.05, 0) is 43.3 Å². The van der Waals surface area contributed by atoms with Crippen LogP contribution in [0, 0.1) is 0 Å². The fourth-order valence-corrected chi connectivity index (χ4v) is 4.12. The first-order chi connectivity index (χ1) is 15.2. The number of nitrogens with zero attached hydrogens (tertiary/aromatic N) is 1. The van der Waals surface area contributed by atoms with E-state index in [4.69, 9.17) is 16.3 Å². The highest BCUT2D eigenvalue weighted by Gasteiger charge is 2.22. The van der Waals surface area contributed by atoms with Crippen molar-refractivity contribution in [2.45, 2.75) is 12.5 Å². The highest BCUT2D eigenvalue weighted by atomic mass is 35.5. The normalized spacial score (nSPS) is 15.8. The van der Waals surface area contributed by atoms with Crippen LogP contribution in [0.1, 0.15) is 22.3 Å². The zero-order valence-corrected chi connectivity index (χ0v) is 17.4. The summed E-state index contributed by atoms with van der Waals surface area (Å²) in [5, 5.41) is 8.00. The van der Waals surface area contributed by atoms with Crippen molar-refractivity contribution in [1.29, 1.82) is 0 Å². The molecular weight excluding hydrogens is 412 g/mol. The summed E-state index contributed by atoms with van der Waals surface area (Å²) in [7, 11) is 0. The largest absolute Gasteiger partial charge is 0.457 e. The number of ketones is 1. The Bertz CT molecular complexity index is 1230. The topological polar surface area (TPSA) is 79.0 Å². The van der Waals surface area contributed by atoms with Crippen molar-refractivity contribution in [2.75, 3.05) is 18.4 Å². The number of hydrogen-bond donors (Lipinski definition) is 3. The number of anilines is 1. The van der Waals surface area contributed by atoms with Gasteiger partial charge in [-0.15, -0.1) is 0 Å².